The Hall–Kier alpha value is -2.74. The SMILES string of the molecule is COc1ncccc1C(=O)N1CC2(CCC(CNc3ncccn3)CO2)C1. The zero-order valence-corrected chi connectivity index (χ0v) is 15.3. The summed E-state index contributed by atoms with van der Waals surface area (Å²) >= 11 is 0. The second kappa shape index (κ2) is 7.48. The van der Waals surface area contributed by atoms with Crippen LogP contribution in [0.1, 0.15) is 23.2 Å². The topological polar surface area (TPSA) is 89.5 Å². The van der Waals surface area contributed by atoms with Crippen molar-refractivity contribution in [3.05, 3.63) is 42.4 Å². The number of amides is 1. The maximum Gasteiger partial charge on any atom is 0.259 e. The van der Waals surface area contributed by atoms with Crippen LogP contribution in [0.3, 0.4) is 0 Å². The summed E-state index contributed by atoms with van der Waals surface area (Å²) in [6.07, 6.45) is 7.06. The van der Waals surface area contributed by atoms with Crippen LogP contribution in [0, 0.1) is 5.92 Å². The molecule has 2 aliphatic heterocycles. The molecule has 2 saturated heterocycles. The number of anilines is 1. The summed E-state index contributed by atoms with van der Waals surface area (Å²) in [7, 11) is 1.52. The third-order valence-electron chi connectivity index (χ3n) is 5.19. The monoisotopic (exact) mass is 369 g/mol. The molecule has 0 saturated carbocycles. The van der Waals surface area contributed by atoms with Gasteiger partial charge in [0.05, 0.1) is 26.8 Å². The molecule has 1 unspecified atom stereocenters. The van der Waals surface area contributed by atoms with Crippen molar-refractivity contribution in [3.8, 4) is 5.88 Å². The second-order valence-corrected chi connectivity index (χ2v) is 7.07. The number of carbonyl (C=O) groups is 1. The normalized spacial score (nSPS) is 20.8. The van der Waals surface area contributed by atoms with E-state index in [4.69, 9.17) is 9.47 Å². The van der Waals surface area contributed by atoms with Crippen LogP contribution in [0.4, 0.5) is 5.95 Å². The van der Waals surface area contributed by atoms with Crippen molar-refractivity contribution >= 4 is 11.9 Å². The molecule has 1 N–H and O–H groups in total. The number of carbonyl (C=O) groups excluding carboxylic acids is 1. The van der Waals surface area contributed by atoms with Crippen LogP contribution >= 0.6 is 0 Å². The van der Waals surface area contributed by atoms with Crippen LogP contribution in [0.25, 0.3) is 0 Å². The summed E-state index contributed by atoms with van der Waals surface area (Å²) in [4.78, 5) is 26.9. The lowest BCUT2D eigenvalue weighted by atomic mass is 9.82. The van der Waals surface area contributed by atoms with Crippen molar-refractivity contribution in [2.75, 3.05) is 38.7 Å². The zero-order chi connectivity index (χ0) is 18.7. The molecule has 142 valence electrons. The van der Waals surface area contributed by atoms with Crippen molar-refractivity contribution in [1.82, 2.24) is 19.9 Å². The van der Waals surface area contributed by atoms with E-state index in [1.54, 1.807) is 41.7 Å². The Bertz CT molecular complexity index is 785. The molecule has 1 spiro atoms. The molecule has 0 bridgehead atoms. The number of nitrogens with one attached hydrogen (secondary N) is 1. The summed E-state index contributed by atoms with van der Waals surface area (Å²) < 4.78 is 11.3. The van der Waals surface area contributed by atoms with Gasteiger partial charge in [-0.05, 0) is 37.0 Å². The molecular weight excluding hydrogens is 346 g/mol. The Morgan fingerprint density at radius 3 is 2.78 bits per heavy atom. The highest BCUT2D eigenvalue weighted by molar-refractivity contribution is 5.97. The summed E-state index contributed by atoms with van der Waals surface area (Å²) in [6.45, 7) is 2.70. The maximum atomic E-state index is 12.7. The minimum absolute atomic E-state index is 0.0563. The van der Waals surface area contributed by atoms with Gasteiger partial charge in [0, 0.05) is 25.1 Å². The fourth-order valence-corrected chi connectivity index (χ4v) is 3.63. The van der Waals surface area contributed by atoms with E-state index in [1.165, 1.54) is 7.11 Å². The van der Waals surface area contributed by atoms with E-state index in [2.05, 4.69) is 20.3 Å². The third kappa shape index (κ3) is 3.71. The predicted octanol–water partition coefficient (Wildman–Crippen LogP) is 1.61. The summed E-state index contributed by atoms with van der Waals surface area (Å²) in [5, 5.41) is 3.25. The average molecular weight is 369 g/mol. The lowest BCUT2D eigenvalue weighted by molar-refractivity contribution is -0.165. The van der Waals surface area contributed by atoms with E-state index in [0.717, 1.165) is 19.4 Å². The molecule has 2 fully saturated rings. The summed E-state index contributed by atoms with van der Waals surface area (Å²) in [5.41, 5.74) is 0.292. The van der Waals surface area contributed by atoms with Gasteiger partial charge in [0.25, 0.3) is 5.91 Å². The molecule has 1 atom stereocenters. The number of nitrogens with zero attached hydrogens (tertiary/aromatic N) is 4. The van der Waals surface area contributed by atoms with Crippen LogP contribution in [-0.2, 0) is 4.74 Å². The van der Waals surface area contributed by atoms with Crippen LogP contribution in [-0.4, -0.2) is 64.7 Å². The third-order valence-corrected chi connectivity index (χ3v) is 5.19. The zero-order valence-electron chi connectivity index (χ0n) is 15.3. The summed E-state index contributed by atoms with van der Waals surface area (Å²) in [5.74, 6) is 1.37. The molecule has 4 heterocycles. The van der Waals surface area contributed by atoms with Gasteiger partial charge in [0.15, 0.2) is 0 Å². The standard InChI is InChI=1S/C19H23N5O3/c1-26-16-15(4-2-7-20-16)17(25)24-12-19(13-24)6-5-14(11-27-19)10-23-18-21-8-3-9-22-18/h2-4,7-9,14H,5-6,10-13H2,1H3,(H,21,22,23). The van der Waals surface area contributed by atoms with Gasteiger partial charge in [-0.15, -0.1) is 0 Å². The quantitative estimate of drug-likeness (QED) is 0.856. The smallest absolute Gasteiger partial charge is 0.259 e. The molecule has 1 amide bonds. The van der Waals surface area contributed by atoms with Gasteiger partial charge in [-0.2, -0.15) is 0 Å². The van der Waals surface area contributed by atoms with Gasteiger partial charge in [0.1, 0.15) is 11.2 Å². The number of ether oxygens (including phenoxy) is 2. The molecule has 0 aliphatic carbocycles. The van der Waals surface area contributed by atoms with Crippen LogP contribution in [0.5, 0.6) is 5.88 Å². The maximum absolute atomic E-state index is 12.7. The first-order valence-electron chi connectivity index (χ1n) is 9.12. The van der Waals surface area contributed by atoms with Crippen molar-refractivity contribution in [2.45, 2.75) is 18.4 Å². The first-order valence-corrected chi connectivity index (χ1v) is 9.12. The van der Waals surface area contributed by atoms with Gasteiger partial charge in [-0.3, -0.25) is 4.79 Å². The summed E-state index contributed by atoms with van der Waals surface area (Å²) in [6, 6.07) is 5.29. The van der Waals surface area contributed by atoms with Crippen molar-refractivity contribution < 1.29 is 14.3 Å². The number of methoxy groups -OCH3 is 1. The van der Waals surface area contributed by atoms with Gasteiger partial charge < -0.3 is 19.7 Å². The predicted molar refractivity (Wildman–Crippen MR) is 98.6 cm³/mol. The van der Waals surface area contributed by atoms with Crippen molar-refractivity contribution in [1.29, 1.82) is 0 Å². The van der Waals surface area contributed by atoms with E-state index in [0.29, 0.717) is 43.0 Å². The second-order valence-electron chi connectivity index (χ2n) is 7.07. The molecule has 0 radical (unpaired) electrons. The fraction of sp³-hybridized carbons (Fsp3) is 0.474. The lowest BCUT2D eigenvalue weighted by Crippen LogP contribution is -2.66. The van der Waals surface area contributed by atoms with E-state index in [9.17, 15) is 4.79 Å². The largest absolute Gasteiger partial charge is 0.480 e. The molecule has 2 aromatic rings. The van der Waals surface area contributed by atoms with Gasteiger partial charge >= 0.3 is 0 Å². The average Bonchev–Trinajstić information content (AvgIpc) is 2.71. The van der Waals surface area contributed by atoms with Gasteiger partial charge in [-0.25, -0.2) is 15.0 Å². The molecule has 8 heteroatoms. The number of pyridine rings is 1. The number of rotatable bonds is 5. The number of aromatic nitrogens is 3. The van der Waals surface area contributed by atoms with Crippen molar-refractivity contribution in [3.63, 3.8) is 0 Å². The minimum atomic E-state index is -0.204. The Morgan fingerprint density at radius 1 is 1.30 bits per heavy atom. The Kier molecular flexibility index (Phi) is 4.89. The number of hydrogen-bond donors (Lipinski definition) is 1. The highest BCUT2D eigenvalue weighted by Gasteiger charge is 2.48. The molecule has 27 heavy (non-hydrogen) atoms. The Labute approximate surface area is 157 Å². The minimum Gasteiger partial charge on any atom is -0.480 e. The number of hydrogen-bond acceptors (Lipinski definition) is 7. The highest BCUT2D eigenvalue weighted by atomic mass is 16.5. The first-order chi connectivity index (χ1) is 13.2. The Balaban J connectivity index is 1.27. The van der Waals surface area contributed by atoms with E-state index < -0.39 is 0 Å². The van der Waals surface area contributed by atoms with E-state index in [-0.39, 0.29) is 11.5 Å². The fourth-order valence-electron chi connectivity index (χ4n) is 3.63. The van der Waals surface area contributed by atoms with Gasteiger partial charge in [0.2, 0.25) is 11.8 Å². The molecule has 4 rings (SSSR count). The van der Waals surface area contributed by atoms with E-state index >= 15 is 0 Å². The molecule has 8 nitrogen and oxygen atoms in total. The molecular formula is C19H23N5O3. The molecule has 2 aliphatic rings. The van der Waals surface area contributed by atoms with Crippen LogP contribution < -0.4 is 10.1 Å². The van der Waals surface area contributed by atoms with Crippen LogP contribution in [0.2, 0.25) is 0 Å². The van der Waals surface area contributed by atoms with Crippen molar-refractivity contribution in [2.24, 2.45) is 5.92 Å². The van der Waals surface area contributed by atoms with E-state index in [1.807, 2.05) is 0 Å². The van der Waals surface area contributed by atoms with Gasteiger partial charge in [-0.1, -0.05) is 0 Å². The van der Waals surface area contributed by atoms with Crippen LogP contribution in [0.15, 0.2) is 36.8 Å². The lowest BCUT2D eigenvalue weighted by Gasteiger charge is -2.52. The number of likely N-dealkylation sites (tertiary alicyclic amines) is 1. The molecule has 2 aromatic heterocycles. The Morgan fingerprint density at radius 2 is 2.07 bits per heavy atom. The highest BCUT2D eigenvalue weighted by Crippen LogP contribution is 2.37. The molecule has 0 aromatic carbocycles. The first kappa shape index (κ1) is 17.7.